The Balaban J connectivity index is 1.32. The van der Waals surface area contributed by atoms with Crippen molar-refractivity contribution in [3.05, 3.63) is 102 Å². The van der Waals surface area contributed by atoms with Gasteiger partial charge in [0.2, 0.25) is 47.3 Å². The summed E-state index contributed by atoms with van der Waals surface area (Å²) in [6.07, 6.45) is 5.06. The van der Waals surface area contributed by atoms with E-state index in [0.717, 1.165) is 28.5 Å². The minimum absolute atomic E-state index is 0.0232. The summed E-state index contributed by atoms with van der Waals surface area (Å²) < 4.78 is 5.40. The Bertz CT molecular complexity index is 2670. The zero-order chi connectivity index (χ0) is 54.6. The molecule has 76 heavy (non-hydrogen) atoms. The van der Waals surface area contributed by atoms with Crippen LogP contribution in [0.15, 0.2) is 90.1 Å². The maximum Gasteiger partial charge on any atom is 0.246 e. The van der Waals surface area contributed by atoms with Gasteiger partial charge >= 0.3 is 0 Å². The molecule has 2 heterocycles. The average molecular weight is 1050 g/mol. The number of aromatic nitrogens is 1. The van der Waals surface area contributed by atoms with E-state index < -0.39 is 77.0 Å². The molecule has 408 valence electrons. The Morgan fingerprint density at radius 3 is 2.16 bits per heavy atom. The maximum absolute atomic E-state index is 14.6. The van der Waals surface area contributed by atoms with E-state index in [-0.39, 0.29) is 88.8 Å². The molecule has 21 nitrogen and oxygen atoms in total. The number of hydrogen-bond donors (Lipinski definition) is 11. The number of carbonyl (C=O) groups is 8. The molecule has 0 radical (unpaired) electrons. The Labute approximate surface area is 442 Å². The number of amides is 8. The fraction of sp³-hybridized carbons (Fsp3) is 0.473. The highest BCUT2D eigenvalue weighted by Crippen LogP contribution is 2.44. The normalized spacial score (nSPS) is 23.7. The van der Waals surface area contributed by atoms with E-state index in [1.165, 1.54) is 0 Å². The highest BCUT2D eigenvalue weighted by atomic mass is 16.5. The van der Waals surface area contributed by atoms with Crippen molar-refractivity contribution < 1.29 is 43.1 Å². The standard InChI is InChI=1S/C55H74N12O9/c1-3-4-19-47(69)67-55-32-40(55)49(71)59-27-11-10-17-42(48(56)70)64-52(74)45(31-37-33-62-41-16-9-8-15-39(37)41)66-50(72)43(18-12-28-61-54(57)58)65-51(73)44(30-34-13-6-5-7-14-34)63-46(68)25-22-36(26-29-60-53(55)75)35-20-23-38(76-2)24-21-35/h5-9,13-16,20-21,23-24,33,36,40,42-45,62H,3-4,10-12,17-19,22,25-32H2,1-2H3,(H2,56,70)(H,59,71)(H,60,75)(H,63,68)(H,64,74)(H,65,73)(H,66,72)(H,67,69)(H4,57,58,61)/t36-,40?,42-,43-,44?,45-,55+/m0/s1. The Hall–Kier alpha value is -7.97. The van der Waals surface area contributed by atoms with Crippen molar-refractivity contribution >= 4 is 64.1 Å². The number of guanidine groups is 1. The molecular weight excluding hydrogens is 973 g/mol. The van der Waals surface area contributed by atoms with Crippen molar-refractivity contribution in [3.63, 3.8) is 0 Å². The molecule has 4 aromatic rings. The summed E-state index contributed by atoms with van der Waals surface area (Å²) in [7, 11) is 1.55. The van der Waals surface area contributed by atoms with Crippen molar-refractivity contribution in [2.24, 2.45) is 28.1 Å². The molecule has 2 aliphatic rings. The summed E-state index contributed by atoms with van der Waals surface area (Å²) in [5, 5.41) is 20.8. The number of benzene rings is 3. The number of carbonyl (C=O) groups excluding carboxylic acids is 8. The lowest BCUT2D eigenvalue weighted by Crippen LogP contribution is -2.58. The van der Waals surface area contributed by atoms with Crippen molar-refractivity contribution in [1.82, 2.24) is 42.2 Å². The number of H-pyrrole nitrogens is 1. The van der Waals surface area contributed by atoms with Crippen LogP contribution in [-0.4, -0.2) is 115 Å². The molecule has 7 atom stereocenters. The van der Waals surface area contributed by atoms with Crippen molar-refractivity contribution in [2.75, 3.05) is 26.7 Å². The van der Waals surface area contributed by atoms with Gasteiger partial charge < -0.3 is 64.1 Å². The van der Waals surface area contributed by atoms with E-state index in [4.69, 9.17) is 21.9 Å². The van der Waals surface area contributed by atoms with Crippen LogP contribution in [0.5, 0.6) is 5.75 Å². The van der Waals surface area contributed by atoms with Gasteiger partial charge in [-0.3, -0.25) is 43.3 Å². The van der Waals surface area contributed by atoms with Crippen molar-refractivity contribution in [2.45, 2.75) is 132 Å². The lowest BCUT2D eigenvalue weighted by molar-refractivity contribution is -0.134. The predicted molar refractivity (Wildman–Crippen MR) is 287 cm³/mol. The molecule has 2 unspecified atom stereocenters. The van der Waals surface area contributed by atoms with Gasteiger partial charge in [0, 0.05) is 62.4 Å². The number of para-hydroxylation sites is 1. The molecule has 3 aromatic carbocycles. The molecular formula is C55H74N12O9. The van der Waals surface area contributed by atoms with Crippen LogP contribution < -0.4 is 59.2 Å². The van der Waals surface area contributed by atoms with Crippen LogP contribution in [0.25, 0.3) is 10.9 Å². The minimum Gasteiger partial charge on any atom is -0.497 e. The fourth-order valence-electron chi connectivity index (χ4n) is 9.59. The number of ether oxygens (including phenoxy) is 1. The van der Waals surface area contributed by atoms with Crippen LogP contribution in [0.4, 0.5) is 0 Å². The third-order valence-corrected chi connectivity index (χ3v) is 14.0. The van der Waals surface area contributed by atoms with E-state index >= 15 is 0 Å². The molecule has 1 aromatic heterocycles. The first kappa shape index (κ1) is 57.3. The summed E-state index contributed by atoms with van der Waals surface area (Å²) in [6, 6.07) is 19.0. The smallest absolute Gasteiger partial charge is 0.246 e. The van der Waals surface area contributed by atoms with Gasteiger partial charge in [-0.25, -0.2) is 0 Å². The number of nitrogens with two attached hydrogens (primary N) is 3. The summed E-state index contributed by atoms with van der Waals surface area (Å²) in [4.78, 5) is 119. The van der Waals surface area contributed by atoms with Crippen LogP contribution in [0.3, 0.4) is 0 Å². The number of fused-ring (bicyclic) bond motifs is 2. The van der Waals surface area contributed by atoms with Gasteiger partial charge in [0.1, 0.15) is 35.5 Å². The number of primary amides is 1. The molecule has 0 bridgehead atoms. The largest absolute Gasteiger partial charge is 0.497 e. The maximum atomic E-state index is 14.6. The van der Waals surface area contributed by atoms with Gasteiger partial charge in [-0.1, -0.05) is 74.0 Å². The van der Waals surface area contributed by atoms with Crippen LogP contribution >= 0.6 is 0 Å². The molecule has 1 aliphatic carbocycles. The fourth-order valence-corrected chi connectivity index (χ4v) is 9.59. The summed E-state index contributed by atoms with van der Waals surface area (Å²) in [5.41, 5.74) is 18.7. The topological polar surface area (TPSA) is 336 Å². The van der Waals surface area contributed by atoms with Gasteiger partial charge in [-0.05, 0) is 98.6 Å². The molecule has 1 aliphatic heterocycles. The second-order valence-electron chi connectivity index (χ2n) is 19.6. The number of unbranched alkanes of at least 4 members (excludes halogenated alkanes) is 1. The Morgan fingerprint density at radius 1 is 0.737 bits per heavy atom. The third-order valence-electron chi connectivity index (χ3n) is 14.0. The number of methoxy groups -OCH3 is 1. The van der Waals surface area contributed by atoms with Crippen LogP contribution in [0.1, 0.15) is 107 Å². The molecule has 6 rings (SSSR count). The second-order valence-corrected chi connectivity index (χ2v) is 19.6. The molecule has 14 N–H and O–H groups in total. The number of rotatable bonds is 15. The molecule has 0 spiro atoms. The molecule has 1 saturated heterocycles. The number of nitrogens with zero attached hydrogens (tertiary/aromatic N) is 1. The minimum atomic E-state index is -1.46. The molecule has 8 amide bonds. The Kier molecular flexibility index (Phi) is 21.2. The van der Waals surface area contributed by atoms with E-state index in [1.807, 2.05) is 61.5 Å². The lowest BCUT2D eigenvalue weighted by Gasteiger charge is -2.26. The number of hydrogen-bond acceptors (Lipinski definition) is 10. The van der Waals surface area contributed by atoms with E-state index in [0.29, 0.717) is 43.4 Å². The second kappa shape index (κ2) is 28.1. The highest BCUT2D eigenvalue weighted by molar-refractivity contribution is 6.02. The van der Waals surface area contributed by atoms with Gasteiger partial charge in [0.15, 0.2) is 5.96 Å². The highest BCUT2D eigenvalue weighted by Gasteiger charge is 2.64. The quantitative estimate of drug-likeness (QED) is 0.0464. The van der Waals surface area contributed by atoms with E-state index in [1.54, 1.807) is 37.6 Å². The number of nitrogens with one attached hydrogen (secondary N) is 8. The van der Waals surface area contributed by atoms with Crippen LogP contribution in [0, 0.1) is 5.92 Å². The van der Waals surface area contributed by atoms with Crippen molar-refractivity contribution in [1.29, 1.82) is 0 Å². The average Bonchev–Trinajstić information content (AvgIpc) is 4.06. The first-order chi connectivity index (χ1) is 36.6. The third kappa shape index (κ3) is 16.5. The first-order valence-electron chi connectivity index (χ1n) is 26.3. The zero-order valence-corrected chi connectivity index (χ0v) is 43.4. The summed E-state index contributed by atoms with van der Waals surface area (Å²) in [6.45, 7) is 2.37. The SMILES string of the molecule is CCCCC(=O)N[C@]12CC1C(=O)NCCCC[C@@H](C(N)=O)NC(=O)[C@H](Cc1c[nH]c3ccccc13)NC(=O)[C@H](CCCN=C(N)N)NC(=O)C(Cc1ccccc1)NC(=O)CC[C@H](c1ccc(OC)cc1)CCNC2=O. The molecule has 2 fully saturated rings. The van der Waals surface area contributed by atoms with Gasteiger partial charge in [-0.2, -0.15) is 0 Å². The van der Waals surface area contributed by atoms with E-state index in [9.17, 15) is 38.4 Å². The number of aromatic amines is 1. The van der Waals surface area contributed by atoms with Crippen LogP contribution in [-0.2, 0) is 51.2 Å². The first-order valence-corrected chi connectivity index (χ1v) is 26.3. The lowest BCUT2D eigenvalue weighted by atomic mass is 9.90. The van der Waals surface area contributed by atoms with Gasteiger partial charge in [-0.15, -0.1) is 0 Å². The van der Waals surface area contributed by atoms with Gasteiger partial charge in [0.25, 0.3) is 0 Å². The van der Waals surface area contributed by atoms with Gasteiger partial charge in [0.05, 0.1) is 13.0 Å². The predicted octanol–water partition coefficient (Wildman–Crippen LogP) is 1.88. The zero-order valence-electron chi connectivity index (χ0n) is 43.4. The van der Waals surface area contributed by atoms with Crippen LogP contribution in [0.2, 0.25) is 0 Å². The van der Waals surface area contributed by atoms with E-state index in [2.05, 4.69) is 47.2 Å². The summed E-state index contributed by atoms with van der Waals surface area (Å²) in [5.74, 6) is -5.31. The monoisotopic (exact) mass is 1050 g/mol. The molecule has 21 heteroatoms. The Morgan fingerprint density at radius 2 is 1.43 bits per heavy atom. The summed E-state index contributed by atoms with van der Waals surface area (Å²) >= 11 is 0. The van der Waals surface area contributed by atoms with Crippen molar-refractivity contribution in [3.8, 4) is 5.75 Å². The number of aliphatic imine (C=N–C) groups is 1. The molecule has 1 saturated carbocycles.